The van der Waals surface area contributed by atoms with Gasteiger partial charge in [0.2, 0.25) is 0 Å². The van der Waals surface area contributed by atoms with Crippen LogP contribution in [0.1, 0.15) is 25.1 Å². The summed E-state index contributed by atoms with van der Waals surface area (Å²) in [6.07, 6.45) is 1.75. The van der Waals surface area contributed by atoms with Gasteiger partial charge in [-0.15, -0.1) is 11.3 Å². The molecular formula is C19H23N3O3S. The van der Waals surface area contributed by atoms with Gasteiger partial charge in [0.05, 0.1) is 19.4 Å². The molecular weight excluding hydrogens is 350 g/mol. The van der Waals surface area contributed by atoms with Crippen molar-refractivity contribution in [3.63, 3.8) is 0 Å². The Morgan fingerprint density at radius 1 is 1.19 bits per heavy atom. The Morgan fingerprint density at radius 3 is 2.77 bits per heavy atom. The van der Waals surface area contributed by atoms with E-state index in [-0.39, 0.29) is 5.56 Å². The molecule has 0 saturated heterocycles. The first-order valence-corrected chi connectivity index (χ1v) is 9.50. The molecule has 26 heavy (non-hydrogen) atoms. The second kappa shape index (κ2) is 8.33. The predicted molar refractivity (Wildman–Crippen MR) is 103 cm³/mol. The summed E-state index contributed by atoms with van der Waals surface area (Å²) < 4.78 is 12.6. The highest BCUT2D eigenvalue weighted by atomic mass is 32.1. The van der Waals surface area contributed by atoms with E-state index in [1.54, 1.807) is 23.8 Å². The summed E-state index contributed by atoms with van der Waals surface area (Å²) in [6, 6.07) is 7.59. The lowest BCUT2D eigenvalue weighted by Crippen LogP contribution is -2.24. The molecule has 3 rings (SSSR count). The van der Waals surface area contributed by atoms with Gasteiger partial charge in [-0.1, -0.05) is 13.0 Å². The van der Waals surface area contributed by atoms with Crippen molar-refractivity contribution in [1.29, 1.82) is 0 Å². The fraction of sp³-hybridized carbons (Fsp3) is 0.368. The molecule has 0 aliphatic heterocycles. The number of hydrogen-bond acceptors (Lipinski definition) is 6. The van der Waals surface area contributed by atoms with Gasteiger partial charge in [0, 0.05) is 30.7 Å². The predicted octanol–water partition coefficient (Wildman–Crippen LogP) is 3.19. The summed E-state index contributed by atoms with van der Waals surface area (Å²) in [5.74, 6) is 1.48. The Kier molecular flexibility index (Phi) is 5.90. The van der Waals surface area contributed by atoms with Gasteiger partial charge in [-0.2, -0.15) is 0 Å². The zero-order valence-electron chi connectivity index (χ0n) is 15.3. The van der Waals surface area contributed by atoms with E-state index in [2.05, 4.69) is 16.8 Å². The van der Waals surface area contributed by atoms with E-state index in [9.17, 15) is 4.79 Å². The minimum atomic E-state index is -0.0370. The Morgan fingerprint density at radius 2 is 2.04 bits per heavy atom. The van der Waals surface area contributed by atoms with Gasteiger partial charge in [-0.3, -0.25) is 14.1 Å². The quantitative estimate of drug-likeness (QED) is 0.607. The molecule has 7 heteroatoms. The molecule has 0 atom stereocenters. The third-order valence-corrected chi connectivity index (χ3v) is 4.88. The zero-order valence-corrected chi connectivity index (χ0v) is 16.1. The molecule has 0 unspecified atom stereocenters. The summed E-state index contributed by atoms with van der Waals surface area (Å²) in [5.41, 5.74) is 1.88. The van der Waals surface area contributed by atoms with Crippen LogP contribution >= 0.6 is 11.3 Å². The van der Waals surface area contributed by atoms with Crippen LogP contribution in [0.5, 0.6) is 11.5 Å². The number of methoxy groups -OCH3 is 1. The normalized spacial score (nSPS) is 11.2. The van der Waals surface area contributed by atoms with Gasteiger partial charge in [0.15, 0.2) is 16.5 Å². The van der Waals surface area contributed by atoms with Crippen LogP contribution in [-0.4, -0.2) is 34.5 Å². The Hall–Kier alpha value is -2.38. The standard InChI is InChI=1S/C19H23N3O3S/c1-4-21(12-14-6-7-16(25-5-2)17(10-14)24-3)13-15-11-18(23)22-8-9-26-19(22)20-15/h6-11H,4-5,12-13H2,1-3H3. The molecule has 0 aliphatic carbocycles. The average molecular weight is 373 g/mol. The van der Waals surface area contributed by atoms with Gasteiger partial charge in [-0.05, 0) is 31.2 Å². The molecule has 3 aromatic rings. The fourth-order valence-electron chi connectivity index (χ4n) is 2.82. The van der Waals surface area contributed by atoms with Gasteiger partial charge in [0.1, 0.15) is 0 Å². The van der Waals surface area contributed by atoms with Crippen LogP contribution < -0.4 is 15.0 Å². The SMILES string of the molecule is CCOc1ccc(CN(CC)Cc2cc(=O)n3ccsc3n2)cc1OC. The molecule has 0 amide bonds. The molecule has 0 aliphatic rings. The number of thiazole rings is 1. The monoisotopic (exact) mass is 373 g/mol. The van der Waals surface area contributed by atoms with Crippen LogP contribution in [0, 0.1) is 0 Å². The first kappa shape index (κ1) is 18.4. The maximum absolute atomic E-state index is 12.2. The summed E-state index contributed by atoms with van der Waals surface area (Å²) in [4.78, 5) is 19.7. The summed E-state index contributed by atoms with van der Waals surface area (Å²) in [6.45, 7) is 6.86. The van der Waals surface area contributed by atoms with E-state index < -0.39 is 0 Å². The largest absolute Gasteiger partial charge is 0.493 e. The van der Waals surface area contributed by atoms with E-state index in [1.807, 2.05) is 30.5 Å². The second-order valence-electron chi connectivity index (χ2n) is 5.86. The lowest BCUT2D eigenvalue weighted by Gasteiger charge is -2.21. The zero-order chi connectivity index (χ0) is 18.5. The maximum atomic E-state index is 12.2. The van der Waals surface area contributed by atoms with E-state index in [0.29, 0.717) is 13.2 Å². The smallest absolute Gasteiger partial charge is 0.258 e. The van der Waals surface area contributed by atoms with Crippen LogP contribution in [0.4, 0.5) is 0 Å². The first-order chi connectivity index (χ1) is 12.6. The van der Waals surface area contributed by atoms with Crippen LogP contribution in [0.3, 0.4) is 0 Å². The summed E-state index contributed by atoms with van der Waals surface area (Å²) >= 11 is 1.47. The molecule has 0 spiro atoms. The molecule has 0 fully saturated rings. The van der Waals surface area contributed by atoms with E-state index in [1.165, 1.54) is 11.3 Å². The topological polar surface area (TPSA) is 56.1 Å². The molecule has 0 radical (unpaired) electrons. The highest BCUT2D eigenvalue weighted by Crippen LogP contribution is 2.28. The molecule has 6 nitrogen and oxygen atoms in total. The maximum Gasteiger partial charge on any atom is 0.258 e. The Balaban J connectivity index is 1.77. The second-order valence-corrected chi connectivity index (χ2v) is 6.74. The summed E-state index contributed by atoms with van der Waals surface area (Å²) in [5, 5.41) is 1.87. The van der Waals surface area contributed by atoms with Gasteiger partial charge in [0.25, 0.3) is 5.56 Å². The van der Waals surface area contributed by atoms with Gasteiger partial charge in [-0.25, -0.2) is 4.98 Å². The highest BCUT2D eigenvalue weighted by Gasteiger charge is 2.11. The van der Waals surface area contributed by atoms with Crippen molar-refractivity contribution in [2.75, 3.05) is 20.3 Å². The minimum absolute atomic E-state index is 0.0370. The number of aromatic nitrogens is 2. The highest BCUT2D eigenvalue weighted by molar-refractivity contribution is 7.15. The molecule has 2 heterocycles. The van der Waals surface area contributed by atoms with Crippen molar-refractivity contribution in [1.82, 2.24) is 14.3 Å². The summed E-state index contributed by atoms with van der Waals surface area (Å²) in [7, 11) is 1.65. The number of hydrogen-bond donors (Lipinski definition) is 0. The van der Waals surface area contributed by atoms with Gasteiger partial charge >= 0.3 is 0 Å². The van der Waals surface area contributed by atoms with Crippen LogP contribution in [0.25, 0.3) is 4.96 Å². The molecule has 2 aromatic heterocycles. The molecule has 0 bridgehead atoms. The van der Waals surface area contributed by atoms with Crippen molar-refractivity contribution < 1.29 is 9.47 Å². The lowest BCUT2D eigenvalue weighted by atomic mass is 10.2. The van der Waals surface area contributed by atoms with Gasteiger partial charge < -0.3 is 9.47 Å². The van der Waals surface area contributed by atoms with Crippen molar-refractivity contribution in [3.8, 4) is 11.5 Å². The Labute approximate surface area is 156 Å². The van der Waals surface area contributed by atoms with E-state index >= 15 is 0 Å². The number of ether oxygens (including phenoxy) is 2. The number of nitrogens with zero attached hydrogens (tertiary/aromatic N) is 3. The van der Waals surface area contributed by atoms with Crippen molar-refractivity contribution in [2.45, 2.75) is 26.9 Å². The third-order valence-electron chi connectivity index (χ3n) is 4.12. The lowest BCUT2D eigenvalue weighted by molar-refractivity contribution is 0.266. The third kappa shape index (κ3) is 4.05. The number of benzene rings is 1. The van der Waals surface area contributed by atoms with E-state index in [0.717, 1.165) is 40.8 Å². The minimum Gasteiger partial charge on any atom is -0.493 e. The molecule has 138 valence electrons. The molecule has 1 aromatic carbocycles. The fourth-order valence-corrected chi connectivity index (χ4v) is 3.56. The average Bonchev–Trinajstić information content (AvgIpc) is 3.11. The van der Waals surface area contributed by atoms with Crippen LogP contribution in [0.2, 0.25) is 0 Å². The van der Waals surface area contributed by atoms with Crippen LogP contribution in [0.15, 0.2) is 40.6 Å². The van der Waals surface area contributed by atoms with E-state index in [4.69, 9.17) is 9.47 Å². The molecule has 0 N–H and O–H groups in total. The number of rotatable bonds is 8. The molecule has 0 saturated carbocycles. The van der Waals surface area contributed by atoms with Crippen LogP contribution in [-0.2, 0) is 13.1 Å². The Bertz CT molecular complexity index is 935. The first-order valence-electron chi connectivity index (χ1n) is 8.62. The van der Waals surface area contributed by atoms with Crippen molar-refractivity contribution in [3.05, 3.63) is 57.5 Å². The van der Waals surface area contributed by atoms with Crippen molar-refractivity contribution >= 4 is 16.3 Å². The van der Waals surface area contributed by atoms with Crippen molar-refractivity contribution in [2.24, 2.45) is 0 Å². The number of fused-ring (bicyclic) bond motifs is 1.